The van der Waals surface area contributed by atoms with Crippen LogP contribution in [0.5, 0.6) is 5.75 Å². The van der Waals surface area contributed by atoms with E-state index in [1.54, 1.807) is 50.4 Å². The molecule has 0 unspecified atom stereocenters. The van der Waals surface area contributed by atoms with Gasteiger partial charge < -0.3 is 19.9 Å². The number of H-pyrrole nitrogens is 1. The second-order valence-corrected chi connectivity index (χ2v) is 9.96. The molecule has 1 fully saturated rings. The van der Waals surface area contributed by atoms with Crippen molar-refractivity contribution >= 4 is 34.8 Å². The zero-order valence-electron chi connectivity index (χ0n) is 21.9. The van der Waals surface area contributed by atoms with Gasteiger partial charge in [-0.15, -0.1) is 0 Å². The Bertz CT molecular complexity index is 1400. The fourth-order valence-electron chi connectivity index (χ4n) is 5.37. The van der Waals surface area contributed by atoms with Crippen molar-refractivity contribution in [2.45, 2.75) is 39.0 Å². The minimum absolute atomic E-state index is 0.0198. The monoisotopic (exact) mass is 511 g/mol. The molecule has 0 saturated carbocycles. The van der Waals surface area contributed by atoms with Crippen LogP contribution in [0.1, 0.15) is 75.3 Å². The lowest BCUT2D eigenvalue weighted by atomic mass is 9.96. The number of nitrogens with zero attached hydrogens (tertiary/aromatic N) is 1. The van der Waals surface area contributed by atoms with Crippen LogP contribution in [-0.4, -0.2) is 54.1 Å². The summed E-state index contributed by atoms with van der Waals surface area (Å²) in [5.41, 5.74) is 4.21. The fourth-order valence-corrected chi connectivity index (χ4v) is 5.37. The predicted octanol–water partition coefficient (Wildman–Crippen LogP) is 5.50. The third-order valence-corrected chi connectivity index (χ3v) is 7.45. The summed E-state index contributed by atoms with van der Waals surface area (Å²) in [5.74, 6) is 0.143. The van der Waals surface area contributed by atoms with Crippen LogP contribution in [0.2, 0.25) is 0 Å². The van der Waals surface area contributed by atoms with Gasteiger partial charge in [0.05, 0.1) is 29.6 Å². The van der Waals surface area contributed by atoms with E-state index in [0.717, 1.165) is 32.5 Å². The summed E-state index contributed by atoms with van der Waals surface area (Å²) < 4.78 is 5.35. The fraction of sp³-hybridized carbons (Fsp3) is 0.323. The molecule has 196 valence electrons. The maximum absolute atomic E-state index is 13.6. The average Bonchev–Trinajstić information content (AvgIpc) is 3.65. The van der Waals surface area contributed by atoms with Crippen molar-refractivity contribution in [2.75, 3.05) is 32.1 Å². The Morgan fingerprint density at radius 3 is 2.55 bits per heavy atom. The maximum Gasteiger partial charge on any atom is 0.256 e. The van der Waals surface area contributed by atoms with E-state index >= 15 is 0 Å². The van der Waals surface area contributed by atoms with Gasteiger partial charge in [0.1, 0.15) is 5.75 Å². The first kappa shape index (κ1) is 25.7. The highest BCUT2D eigenvalue weighted by Gasteiger charge is 2.28. The number of ketones is 2. The Kier molecular flexibility index (Phi) is 7.56. The van der Waals surface area contributed by atoms with Crippen LogP contribution < -0.4 is 10.1 Å². The predicted molar refractivity (Wildman–Crippen MR) is 149 cm³/mol. The van der Waals surface area contributed by atoms with Gasteiger partial charge >= 0.3 is 0 Å². The van der Waals surface area contributed by atoms with Crippen LogP contribution in [0, 0.1) is 6.92 Å². The van der Waals surface area contributed by atoms with Gasteiger partial charge in [-0.1, -0.05) is 30.3 Å². The molecule has 7 nitrogen and oxygen atoms in total. The topological polar surface area (TPSA) is 91.5 Å². The first-order chi connectivity index (χ1) is 18.5. The summed E-state index contributed by atoms with van der Waals surface area (Å²) in [6, 6.07) is 14.4. The van der Waals surface area contributed by atoms with E-state index in [2.05, 4.69) is 15.2 Å². The van der Waals surface area contributed by atoms with Gasteiger partial charge in [-0.25, -0.2) is 0 Å². The third kappa shape index (κ3) is 5.20. The number of amides is 1. The molecule has 1 aromatic heterocycles. The van der Waals surface area contributed by atoms with Crippen LogP contribution in [0.3, 0.4) is 0 Å². The summed E-state index contributed by atoms with van der Waals surface area (Å²) in [6.45, 7) is 5.12. The number of hydrogen-bond acceptors (Lipinski definition) is 5. The number of nitrogens with one attached hydrogen (secondary N) is 2. The van der Waals surface area contributed by atoms with Crippen LogP contribution in [-0.2, 0) is 4.79 Å². The lowest BCUT2D eigenvalue weighted by Gasteiger charge is -2.13. The van der Waals surface area contributed by atoms with Crippen LogP contribution in [0.15, 0.2) is 48.5 Å². The molecule has 7 heteroatoms. The number of aromatic amines is 1. The molecule has 38 heavy (non-hydrogen) atoms. The number of aromatic nitrogens is 1. The normalized spacial score (nSPS) is 16.1. The second kappa shape index (κ2) is 11.2. The number of benzene rings is 2. The summed E-state index contributed by atoms with van der Waals surface area (Å²) in [6.07, 6.45) is 6.36. The molecule has 2 aromatic carbocycles. The van der Waals surface area contributed by atoms with Gasteiger partial charge in [-0.2, -0.15) is 0 Å². The first-order valence-electron chi connectivity index (χ1n) is 13.3. The summed E-state index contributed by atoms with van der Waals surface area (Å²) in [7, 11) is 1.57. The molecule has 1 saturated heterocycles. The largest absolute Gasteiger partial charge is 0.497 e. The third-order valence-electron chi connectivity index (χ3n) is 7.45. The molecule has 0 spiro atoms. The van der Waals surface area contributed by atoms with Crippen molar-refractivity contribution in [3.05, 3.63) is 82.2 Å². The number of rotatable bonds is 10. The molecule has 0 atom stereocenters. The Hall–Kier alpha value is -3.97. The SMILES string of the molecule is COc1ccc2c(c1)/C(=C/c1[nH]c(C(=O)CCCCN3CCCC3)c(C)c1C(=O)c1ccccc1)C(=O)N2. The van der Waals surface area contributed by atoms with Crippen molar-refractivity contribution in [2.24, 2.45) is 0 Å². The van der Waals surface area contributed by atoms with Gasteiger partial charge in [-0.3, -0.25) is 14.4 Å². The van der Waals surface area contributed by atoms with Crippen LogP contribution in [0.4, 0.5) is 5.69 Å². The molecular weight excluding hydrogens is 478 g/mol. The number of unbranched alkanes of at least 4 members (excludes halogenated alkanes) is 1. The minimum atomic E-state index is -0.270. The second-order valence-electron chi connectivity index (χ2n) is 9.96. The average molecular weight is 512 g/mol. The van der Waals surface area contributed by atoms with Gasteiger partial charge in [0, 0.05) is 23.2 Å². The number of carbonyl (C=O) groups excluding carboxylic acids is 3. The molecule has 2 aliphatic heterocycles. The Labute approximate surface area is 222 Å². The molecule has 3 heterocycles. The van der Waals surface area contributed by atoms with E-state index in [9.17, 15) is 14.4 Å². The van der Waals surface area contributed by atoms with Gasteiger partial charge in [-0.05, 0) is 82.1 Å². The lowest BCUT2D eigenvalue weighted by molar-refractivity contribution is -0.110. The zero-order valence-corrected chi connectivity index (χ0v) is 21.9. The number of likely N-dealkylation sites (tertiary alicyclic amines) is 1. The van der Waals surface area contributed by atoms with E-state index in [0.29, 0.717) is 57.1 Å². The van der Waals surface area contributed by atoms with Crippen molar-refractivity contribution in [3.63, 3.8) is 0 Å². The maximum atomic E-state index is 13.6. The van der Waals surface area contributed by atoms with Crippen molar-refractivity contribution < 1.29 is 19.1 Å². The Morgan fingerprint density at radius 2 is 1.82 bits per heavy atom. The van der Waals surface area contributed by atoms with E-state index in [1.165, 1.54) is 12.8 Å². The van der Waals surface area contributed by atoms with Crippen molar-refractivity contribution in [1.29, 1.82) is 0 Å². The molecule has 1 amide bonds. The highest BCUT2D eigenvalue weighted by atomic mass is 16.5. The number of ether oxygens (including phenoxy) is 1. The van der Waals surface area contributed by atoms with Crippen LogP contribution >= 0.6 is 0 Å². The van der Waals surface area contributed by atoms with Gasteiger partial charge in [0.15, 0.2) is 11.6 Å². The van der Waals surface area contributed by atoms with E-state index in [-0.39, 0.29) is 17.5 Å². The number of anilines is 1. The minimum Gasteiger partial charge on any atom is -0.497 e. The number of carbonyl (C=O) groups is 3. The van der Waals surface area contributed by atoms with E-state index < -0.39 is 0 Å². The number of Topliss-reactive ketones (excluding diaryl/α,β-unsaturated/α-hetero) is 1. The molecule has 0 bridgehead atoms. The Morgan fingerprint density at radius 1 is 1.05 bits per heavy atom. The molecular formula is C31H33N3O4. The quantitative estimate of drug-likeness (QED) is 0.213. The summed E-state index contributed by atoms with van der Waals surface area (Å²) in [5, 5.41) is 2.87. The number of hydrogen-bond donors (Lipinski definition) is 2. The van der Waals surface area contributed by atoms with Crippen molar-refractivity contribution in [3.8, 4) is 5.75 Å². The number of methoxy groups -OCH3 is 1. The molecule has 2 N–H and O–H groups in total. The molecule has 5 rings (SSSR count). The van der Waals surface area contributed by atoms with Crippen molar-refractivity contribution in [1.82, 2.24) is 9.88 Å². The zero-order chi connectivity index (χ0) is 26.6. The molecule has 0 aliphatic carbocycles. The molecule has 3 aromatic rings. The molecule has 0 radical (unpaired) electrons. The Balaban J connectivity index is 1.48. The standard InChI is InChI=1S/C31H33N3O4/c1-20-28(30(36)21-10-4-3-5-11-21)26(19-24-23-18-22(38-2)13-14-25(23)33-31(24)37)32-29(20)27(35)12-6-7-15-34-16-8-9-17-34/h3-5,10-11,13-14,18-19,32H,6-9,12,15-17H2,1-2H3,(H,33,37)/b24-19-. The first-order valence-corrected chi connectivity index (χ1v) is 13.3. The molecule has 2 aliphatic rings. The van der Waals surface area contributed by atoms with Crippen LogP contribution in [0.25, 0.3) is 11.6 Å². The van der Waals surface area contributed by atoms with Gasteiger partial charge in [0.2, 0.25) is 0 Å². The highest BCUT2D eigenvalue weighted by Crippen LogP contribution is 2.37. The van der Waals surface area contributed by atoms with Gasteiger partial charge in [0.25, 0.3) is 5.91 Å². The van der Waals surface area contributed by atoms with E-state index in [4.69, 9.17) is 4.74 Å². The highest BCUT2D eigenvalue weighted by molar-refractivity contribution is 6.35. The lowest BCUT2D eigenvalue weighted by Crippen LogP contribution is -2.20. The number of fused-ring (bicyclic) bond motifs is 1. The summed E-state index contributed by atoms with van der Waals surface area (Å²) in [4.78, 5) is 45.5. The van der Waals surface area contributed by atoms with E-state index in [1.807, 2.05) is 18.2 Å². The summed E-state index contributed by atoms with van der Waals surface area (Å²) >= 11 is 0. The smallest absolute Gasteiger partial charge is 0.256 e.